The molecule has 0 aliphatic rings. The minimum absolute atomic E-state index is 0. The van der Waals surface area contributed by atoms with E-state index in [-0.39, 0.29) is 55.3 Å². The fourth-order valence-electron chi connectivity index (χ4n) is 3.80. The number of ketones is 1. The zero-order chi connectivity index (χ0) is 28.4. The minimum Gasteiger partial charge on any atom is -0.857 e. The first kappa shape index (κ1) is 31.9. The SMILES string of the molecule is O.[NH-]S(=O)(=O)c1nnc(/N=C(\[O-])c2nn(-c3cccc([N+](=O)[O-])c3)c(-c3ccccc3)c2C(=O)c2ccccc2)s1.[Ni+2]. The van der Waals surface area contributed by atoms with Gasteiger partial charge >= 0.3 is 16.5 Å². The van der Waals surface area contributed by atoms with Gasteiger partial charge in [-0.2, -0.15) is 5.10 Å². The van der Waals surface area contributed by atoms with Gasteiger partial charge in [0.2, 0.25) is 9.47 Å². The second-order valence-corrected chi connectivity index (χ2v) is 10.7. The molecule has 0 atom stereocenters. The molecule has 5 aromatic rings. The summed E-state index contributed by atoms with van der Waals surface area (Å²) >= 11 is 0.403. The molecule has 3 N–H and O–H groups in total. The number of aliphatic imine (C=N–C) groups is 1. The van der Waals surface area contributed by atoms with Gasteiger partial charge in [0.25, 0.3) is 5.69 Å². The Bertz CT molecular complexity index is 1890. The Labute approximate surface area is 251 Å². The second kappa shape index (κ2) is 12.9. The maximum atomic E-state index is 13.9. The molecule has 0 radical (unpaired) electrons. The molecule has 42 heavy (non-hydrogen) atoms. The van der Waals surface area contributed by atoms with Crippen molar-refractivity contribution in [2.24, 2.45) is 4.99 Å². The molecular weight excluding hydrogens is 633 g/mol. The van der Waals surface area contributed by atoms with Crippen molar-refractivity contribution < 1.29 is 45.2 Å². The molecule has 14 nitrogen and oxygen atoms in total. The van der Waals surface area contributed by atoms with Crippen molar-refractivity contribution >= 4 is 43.9 Å². The summed E-state index contributed by atoms with van der Waals surface area (Å²) in [6, 6.07) is 22.2. The molecule has 0 aliphatic heterocycles. The third-order valence-corrected chi connectivity index (χ3v) is 7.57. The average Bonchev–Trinajstić information content (AvgIpc) is 3.59. The summed E-state index contributed by atoms with van der Waals surface area (Å²) in [5.74, 6) is -1.60. The van der Waals surface area contributed by atoms with Crippen LogP contribution >= 0.6 is 11.3 Å². The van der Waals surface area contributed by atoms with E-state index >= 15 is 0 Å². The number of sulfonamides is 1. The zero-order valence-electron chi connectivity index (χ0n) is 20.8. The third kappa shape index (κ3) is 6.45. The number of hydrogen-bond acceptors (Lipinski definition) is 11. The molecular formula is C25H17N7NiO7S2. The number of nitro groups is 1. The number of carbonyl (C=O) groups excluding carboxylic acids is 1. The van der Waals surface area contributed by atoms with E-state index in [2.05, 4.69) is 20.3 Å². The number of hydrogen-bond donors (Lipinski definition) is 0. The molecule has 0 unspecified atom stereocenters. The van der Waals surface area contributed by atoms with Crippen LogP contribution in [0, 0.1) is 10.1 Å². The van der Waals surface area contributed by atoms with Gasteiger partial charge in [0.1, 0.15) is 15.7 Å². The van der Waals surface area contributed by atoms with Crippen molar-refractivity contribution in [2.75, 3.05) is 0 Å². The van der Waals surface area contributed by atoms with E-state index in [1.807, 2.05) is 0 Å². The van der Waals surface area contributed by atoms with Crippen LogP contribution in [0.5, 0.6) is 0 Å². The number of benzene rings is 3. The standard InChI is InChI=1S/C25H16N7O6S2.Ni.H2O/c26-40(37,38)25-29-28-24(39-25)27-23(34)20-19(22(33)16-10-5-2-6-11-16)21(15-8-3-1-4-9-15)31(30-20)17-12-7-13-18(14-17)32(35)36;;/h1-14H,(H2-,26,27,28,34,37,38);;1H2/q-1;+2;/p-1. The average molecular weight is 650 g/mol. The van der Waals surface area contributed by atoms with Crippen LogP contribution in [0.15, 0.2) is 94.3 Å². The quantitative estimate of drug-likeness (QED) is 0.0599. The third-order valence-electron chi connectivity index (χ3n) is 5.51. The van der Waals surface area contributed by atoms with Crippen molar-refractivity contribution in [3.05, 3.63) is 117 Å². The van der Waals surface area contributed by atoms with E-state index in [0.717, 1.165) is 0 Å². The molecule has 2 heterocycles. The summed E-state index contributed by atoms with van der Waals surface area (Å²) in [5, 5.41) is 43.0. The number of aromatic nitrogens is 4. The molecule has 0 saturated carbocycles. The van der Waals surface area contributed by atoms with E-state index < -0.39 is 36.7 Å². The Kier molecular flexibility index (Phi) is 9.77. The number of non-ortho nitro benzene ring substituents is 1. The minimum atomic E-state index is -4.43. The van der Waals surface area contributed by atoms with Gasteiger partial charge in [0.05, 0.1) is 21.9 Å². The predicted octanol–water partition coefficient (Wildman–Crippen LogP) is 2.88. The van der Waals surface area contributed by atoms with Crippen molar-refractivity contribution in [1.29, 1.82) is 0 Å². The van der Waals surface area contributed by atoms with Crippen LogP contribution in [0.3, 0.4) is 0 Å². The number of carbonyl (C=O) groups is 1. The Morgan fingerprint density at radius 3 is 2.21 bits per heavy atom. The smallest absolute Gasteiger partial charge is 0.857 e. The second-order valence-electron chi connectivity index (χ2n) is 8.09. The molecule has 0 fully saturated rings. The summed E-state index contributed by atoms with van der Waals surface area (Å²) < 4.78 is 23.5. The first-order valence-electron chi connectivity index (χ1n) is 11.3. The topological polar surface area (TPSA) is 229 Å². The van der Waals surface area contributed by atoms with Crippen molar-refractivity contribution in [3.63, 3.8) is 0 Å². The monoisotopic (exact) mass is 649 g/mol. The van der Waals surface area contributed by atoms with Crippen molar-refractivity contribution in [1.82, 2.24) is 20.0 Å². The Hall–Kier alpha value is -4.67. The summed E-state index contributed by atoms with van der Waals surface area (Å²) in [5.41, 5.74) is 0.343. The van der Waals surface area contributed by atoms with Crippen LogP contribution in [0.25, 0.3) is 22.1 Å². The fourth-order valence-corrected chi connectivity index (χ4v) is 5.06. The van der Waals surface area contributed by atoms with Crippen LogP contribution in [0.1, 0.15) is 21.6 Å². The normalized spacial score (nSPS) is 11.3. The summed E-state index contributed by atoms with van der Waals surface area (Å²) in [4.78, 5) is 28.6. The van der Waals surface area contributed by atoms with Gasteiger partial charge in [-0.15, -0.1) is 10.2 Å². The Balaban J connectivity index is 0.00000242. The van der Waals surface area contributed by atoms with Crippen LogP contribution in [0.2, 0.25) is 0 Å². The number of nitrogens with zero attached hydrogens (tertiary/aromatic N) is 6. The molecule has 0 spiro atoms. The molecule has 5 rings (SSSR count). The molecule has 2 aromatic heterocycles. The number of nitro benzene ring substituents is 1. The Morgan fingerprint density at radius 2 is 1.62 bits per heavy atom. The van der Waals surface area contributed by atoms with Gasteiger partial charge in [0, 0.05) is 29.2 Å². The molecule has 0 aliphatic carbocycles. The van der Waals surface area contributed by atoms with Gasteiger partial charge in [-0.3, -0.25) is 14.9 Å². The van der Waals surface area contributed by atoms with E-state index in [9.17, 15) is 28.4 Å². The van der Waals surface area contributed by atoms with E-state index in [0.29, 0.717) is 16.9 Å². The van der Waals surface area contributed by atoms with Gasteiger partial charge in [0.15, 0.2) is 5.78 Å². The first-order chi connectivity index (χ1) is 19.1. The van der Waals surface area contributed by atoms with Crippen LogP contribution < -0.4 is 5.11 Å². The maximum Gasteiger partial charge on any atom is 2.00 e. The largest absolute Gasteiger partial charge is 2.00 e. The van der Waals surface area contributed by atoms with Crippen LogP contribution in [-0.4, -0.2) is 50.5 Å². The molecule has 17 heteroatoms. The summed E-state index contributed by atoms with van der Waals surface area (Å²) in [6.07, 6.45) is 0. The molecule has 0 bridgehead atoms. The molecule has 216 valence electrons. The van der Waals surface area contributed by atoms with Gasteiger partial charge in [-0.1, -0.05) is 78.1 Å². The van der Waals surface area contributed by atoms with E-state index in [4.69, 9.17) is 5.14 Å². The number of nitrogens with one attached hydrogen (secondary N) is 1. The fraction of sp³-hybridized carbons (Fsp3) is 0. The maximum absolute atomic E-state index is 13.9. The van der Waals surface area contributed by atoms with Crippen molar-refractivity contribution in [2.45, 2.75) is 4.34 Å². The van der Waals surface area contributed by atoms with Crippen LogP contribution in [-0.2, 0) is 26.5 Å². The van der Waals surface area contributed by atoms with E-state index in [1.54, 1.807) is 60.7 Å². The van der Waals surface area contributed by atoms with E-state index in [1.165, 1.54) is 28.9 Å². The molecule has 0 amide bonds. The van der Waals surface area contributed by atoms with Crippen LogP contribution in [0.4, 0.5) is 10.8 Å². The van der Waals surface area contributed by atoms with Gasteiger partial charge in [-0.05, 0) is 6.07 Å². The van der Waals surface area contributed by atoms with Gasteiger partial charge < -0.3 is 15.7 Å². The molecule has 3 aromatic carbocycles. The summed E-state index contributed by atoms with van der Waals surface area (Å²) in [7, 11) is -4.43. The summed E-state index contributed by atoms with van der Waals surface area (Å²) in [6.45, 7) is 0. The number of rotatable bonds is 8. The first-order valence-corrected chi connectivity index (χ1v) is 13.6. The van der Waals surface area contributed by atoms with Gasteiger partial charge in [-0.25, -0.2) is 18.1 Å². The molecule has 0 saturated heterocycles. The predicted molar refractivity (Wildman–Crippen MR) is 147 cm³/mol. The van der Waals surface area contributed by atoms with Crippen molar-refractivity contribution in [3.8, 4) is 16.9 Å². The zero-order valence-corrected chi connectivity index (χ0v) is 23.5. The Morgan fingerprint density at radius 1 is 0.976 bits per heavy atom.